The molecule has 21 heavy (non-hydrogen) atoms. The molecule has 1 aromatic carbocycles. The van der Waals surface area contributed by atoms with Crippen molar-refractivity contribution in [1.82, 2.24) is 10.3 Å². The van der Waals surface area contributed by atoms with Gasteiger partial charge in [0.05, 0.1) is 0 Å². The lowest BCUT2D eigenvalue weighted by atomic mass is 10.0. The lowest BCUT2D eigenvalue weighted by Crippen LogP contribution is -2.26. The molecule has 1 heterocycles. The van der Waals surface area contributed by atoms with E-state index in [4.69, 9.17) is 5.11 Å². The van der Waals surface area contributed by atoms with E-state index in [0.717, 1.165) is 42.3 Å². The molecule has 1 aromatic heterocycles. The van der Waals surface area contributed by atoms with E-state index < -0.39 is 0 Å². The average molecular weight is 288 g/mol. The number of hydrogen-bond donors (Lipinski definition) is 3. The van der Waals surface area contributed by atoms with Gasteiger partial charge in [-0.15, -0.1) is 0 Å². The topological polar surface area (TPSA) is 65.1 Å². The standard InChI is InChI=1S/C17H24N2O2/c1-2-5-13(8-9-20)11-18-12-15-10-14-6-3-4-7-16(14)19-17(15)21/h3-4,6-7,10,13,18,20H,2,5,8-9,11-12H2,1H3,(H,19,21). The molecule has 1 unspecified atom stereocenters. The first kappa shape index (κ1) is 15.7. The Morgan fingerprint density at radius 1 is 1.29 bits per heavy atom. The number of para-hydroxylation sites is 1. The Morgan fingerprint density at radius 3 is 2.86 bits per heavy atom. The van der Waals surface area contributed by atoms with Gasteiger partial charge in [-0.1, -0.05) is 31.5 Å². The van der Waals surface area contributed by atoms with E-state index >= 15 is 0 Å². The zero-order valence-corrected chi connectivity index (χ0v) is 12.6. The molecule has 0 spiro atoms. The minimum absolute atomic E-state index is 0.0320. The van der Waals surface area contributed by atoms with Gasteiger partial charge in [-0.3, -0.25) is 4.79 Å². The first-order valence-electron chi connectivity index (χ1n) is 7.67. The third-order valence-corrected chi connectivity index (χ3v) is 3.81. The van der Waals surface area contributed by atoms with Crippen molar-refractivity contribution in [1.29, 1.82) is 0 Å². The molecule has 1 atom stereocenters. The number of aliphatic hydroxyl groups is 1. The summed E-state index contributed by atoms with van der Waals surface area (Å²) in [6.07, 6.45) is 3.03. The molecule has 0 radical (unpaired) electrons. The van der Waals surface area contributed by atoms with Crippen LogP contribution in [0.2, 0.25) is 0 Å². The highest BCUT2D eigenvalue weighted by atomic mass is 16.3. The van der Waals surface area contributed by atoms with Gasteiger partial charge in [0.25, 0.3) is 5.56 Å². The van der Waals surface area contributed by atoms with Crippen LogP contribution in [0, 0.1) is 5.92 Å². The van der Waals surface area contributed by atoms with Crippen molar-refractivity contribution in [2.75, 3.05) is 13.2 Å². The summed E-state index contributed by atoms with van der Waals surface area (Å²) in [4.78, 5) is 14.9. The van der Waals surface area contributed by atoms with E-state index in [0.29, 0.717) is 12.5 Å². The zero-order chi connectivity index (χ0) is 15.1. The second-order valence-corrected chi connectivity index (χ2v) is 5.51. The predicted molar refractivity (Wildman–Crippen MR) is 86.4 cm³/mol. The van der Waals surface area contributed by atoms with Crippen LogP contribution in [0.5, 0.6) is 0 Å². The number of H-pyrrole nitrogens is 1. The number of rotatable bonds is 8. The maximum atomic E-state index is 12.0. The van der Waals surface area contributed by atoms with Crippen LogP contribution in [0.25, 0.3) is 10.9 Å². The van der Waals surface area contributed by atoms with E-state index in [-0.39, 0.29) is 12.2 Å². The highest BCUT2D eigenvalue weighted by Crippen LogP contribution is 2.11. The summed E-state index contributed by atoms with van der Waals surface area (Å²) >= 11 is 0. The van der Waals surface area contributed by atoms with E-state index in [9.17, 15) is 4.79 Å². The molecular formula is C17H24N2O2. The molecule has 0 saturated carbocycles. The second kappa shape index (κ2) is 7.96. The van der Waals surface area contributed by atoms with Crippen molar-refractivity contribution in [2.24, 2.45) is 5.92 Å². The largest absolute Gasteiger partial charge is 0.396 e. The first-order valence-corrected chi connectivity index (χ1v) is 7.67. The zero-order valence-electron chi connectivity index (χ0n) is 12.6. The Balaban J connectivity index is 1.99. The van der Waals surface area contributed by atoms with Crippen molar-refractivity contribution in [3.05, 3.63) is 46.2 Å². The van der Waals surface area contributed by atoms with Gasteiger partial charge >= 0.3 is 0 Å². The highest BCUT2D eigenvalue weighted by Gasteiger charge is 2.08. The van der Waals surface area contributed by atoms with Crippen LogP contribution in [-0.4, -0.2) is 23.2 Å². The molecule has 0 fully saturated rings. The van der Waals surface area contributed by atoms with Gasteiger partial charge in [0.15, 0.2) is 0 Å². The Bertz CT molecular complexity index is 615. The maximum Gasteiger partial charge on any atom is 0.252 e. The van der Waals surface area contributed by atoms with Crippen molar-refractivity contribution in [2.45, 2.75) is 32.7 Å². The van der Waals surface area contributed by atoms with Crippen molar-refractivity contribution in [3.63, 3.8) is 0 Å². The predicted octanol–water partition coefficient (Wildman–Crippen LogP) is 2.42. The monoisotopic (exact) mass is 288 g/mol. The number of pyridine rings is 1. The summed E-state index contributed by atoms with van der Waals surface area (Å²) in [5.41, 5.74) is 1.60. The molecule has 0 saturated heterocycles. The quantitative estimate of drug-likeness (QED) is 0.699. The first-order chi connectivity index (χ1) is 10.2. The maximum absolute atomic E-state index is 12.0. The summed E-state index contributed by atoms with van der Waals surface area (Å²) in [7, 11) is 0. The van der Waals surface area contributed by atoms with Crippen LogP contribution in [0.4, 0.5) is 0 Å². The van der Waals surface area contributed by atoms with E-state index in [1.54, 1.807) is 0 Å². The molecule has 0 aliphatic rings. The summed E-state index contributed by atoms with van der Waals surface area (Å²) in [6, 6.07) is 9.74. The molecule has 0 bridgehead atoms. The fraction of sp³-hybridized carbons (Fsp3) is 0.471. The van der Waals surface area contributed by atoms with Gasteiger partial charge in [0.2, 0.25) is 0 Å². The van der Waals surface area contributed by atoms with Gasteiger partial charge < -0.3 is 15.4 Å². The lowest BCUT2D eigenvalue weighted by Gasteiger charge is -2.15. The third kappa shape index (κ3) is 4.41. The molecule has 0 aliphatic heterocycles. The van der Waals surface area contributed by atoms with E-state index in [1.165, 1.54) is 0 Å². The Morgan fingerprint density at radius 2 is 2.10 bits per heavy atom. The smallest absolute Gasteiger partial charge is 0.252 e. The molecule has 3 N–H and O–H groups in total. The fourth-order valence-corrected chi connectivity index (χ4v) is 2.67. The number of nitrogens with one attached hydrogen (secondary N) is 2. The number of aromatic nitrogens is 1. The van der Waals surface area contributed by atoms with Crippen molar-refractivity contribution >= 4 is 10.9 Å². The summed E-state index contributed by atoms with van der Waals surface area (Å²) in [5.74, 6) is 0.472. The normalized spacial score (nSPS) is 12.7. The van der Waals surface area contributed by atoms with E-state index in [1.807, 2.05) is 30.3 Å². The average Bonchev–Trinajstić information content (AvgIpc) is 2.48. The highest BCUT2D eigenvalue weighted by molar-refractivity contribution is 5.78. The molecule has 0 aliphatic carbocycles. The Kier molecular flexibility index (Phi) is 5.96. The molecule has 0 amide bonds. The summed E-state index contributed by atoms with van der Waals surface area (Å²) in [5, 5.41) is 13.5. The summed E-state index contributed by atoms with van der Waals surface area (Å²) < 4.78 is 0. The van der Waals surface area contributed by atoms with Gasteiger partial charge in [0, 0.05) is 24.2 Å². The minimum Gasteiger partial charge on any atom is -0.396 e. The minimum atomic E-state index is -0.0320. The van der Waals surface area contributed by atoms with Gasteiger partial charge in [-0.05, 0) is 42.8 Å². The molecular weight excluding hydrogens is 264 g/mol. The molecule has 4 nitrogen and oxygen atoms in total. The van der Waals surface area contributed by atoms with Crippen LogP contribution in [0.1, 0.15) is 31.7 Å². The number of aromatic amines is 1. The summed E-state index contributed by atoms with van der Waals surface area (Å²) in [6.45, 7) is 3.77. The van der Waals surface area contributed by atoms with Gasteiger partial charge in [-0.2, -0.15) is 0 Å². The Labute approximate surface area is 125 Å². The Hall–Kier alpha value is -1.65. The lowest BCUT2D eigenvalue weighted by molar-refractivity contribution is 0.248. The van der Waals surface area contributed by atoms with Gasteiger partial charge in [0.1, 0.15) is 0 Å². The van der Waals surface area contributed by atoms with Crippen LogP contribution < -0.4 is 10.9 Å². The van der Waals surface area contributed by atoms with Gasteiger partial charge in [-0.25, -0.2) is 0 Å². The molecule has 114 valence electrons. The van der Waals surface area contributed by atoms with Crippen molar-refractivity contribution in [3.8, 4) is 0 Å². The van der Waals surface area contributed by atoms with E-state index in [2.05, 4.69) is 17.2 Å². The number of aliphatic hydroxyl groups excluding tert-OH is 1. The fourth-order valence-electron chi connectivity index (χ4n) is 2.67. The van der Waals surface area contributed by atoms with Crippen LogP contribution in [0.15, 0.2) is 35.1 Å². The number of hydrogen-bond acceptors (Lipinski definition) is 3. The number of benzene rings is 1. The second-order valence-electron chi connectivity index (χ2n) is 5.51. The number of fused-ring (bicyclic) bond motifs is 1. The molecule has 2 aromatic rings. The van der Waals surface area contributed by atoms with Crippen LogP contribution in [-0.2, 0) is 6.54 Å². The molecule has 2 rings (SSSR count). The van der Waals surface area contributed by atoms with Crippen LogP contribution in [0.3, 0.4) is 0 Å². The molecule has 4 heteroatoms. The SMILES string of the molecule is CCCC(CCO)CNCc1cc2ccccc2[nH]c1=O. The van der Waals surface area contributed by atoms with Crippen LogP contribution >= 0.6 is 0 Å². The van der Waals surface area contributed by atoms with Crippen molar-refractivity contribution < 1.29 is 5.11 Å². The third-order valence-electron chi connectivity index (χ3n) is 3.81.